The second-order valence-electron chi connectivity index (χ2n) is 3.45. The number of hydrogen-bond donors (Lipinski definition) is 0. The molecule has 0 fully saturated rings. The van der Waals surface area contributed by atoms with Crippen LogP contribution in [0.15, 0.2) is 46.9 Å². The lowest BCUT2D eigenvalue weighted by Gasteiger charge is -2.09. The third-order valence-corrected chi connectivity index (χ3v) is 3.32. The molecule has 1 nitrogen and oxygen atoms in total. The van der Waals surface area contributed by atoms with E-state index in [0.29, 0.717) is 17.4 Å². The zero-order chi connectivity index (χ0) is 12.3. The van der Waals surface area contributed by atoms with Gasteiger partial charge in [-0.1, -0.05) is 45.7 Å². The monoisotopic (exact) mass is 314 g/mol. The first-order valence-corrected chi connectivity index (χ1v) is 6.15. The van der Waals surface area contributed by atoms with Gasteiger partial charge in [0.15, 0.2) is 0 Å². The summed E-state index contributed by atoms with van der Waals surface area (Å²) in [4.78, 5) is 0. The minimum absolute atomic E-state index is 0.338. The summed E-state index contributed by atoms with van der Waals surface area (Å²) in [7, 11) is 0. The van der Waals surface area contributed by atoms with E-state index in [9.17, 15) is 4.39 Å². The third kappa shape index (κ3) is 3.20. The highest BCUT2D eigenvalue weighted by Gasteiger charge is 2.05. The summed E-state index contributed by atoms with van der Waals surface area (Å²) in [5.41, 5.74) is 0.979. The third-order valence-electron chi connectivity index (χ3n) is 2.23. The first kappa shape index (κ1) is 12.4. The van der Waals surface area contributed by atoms with Crippen molar-refractivity contribution in [2.24, 2.45) is 0 Å². The molecule has 0 aromatic heterocycles. The predicted molar refractivity (Wildman–Crippen MR) is 69.9 cm³/mol. The first-order chi connectivity index (χ1) is 8.16. The number of rotatable bonds is 3. The molecule has 17 heavy (non-hydrogen) atoms. The quantitative estimate of drug-likeness (QED) is 0.789. The fourth-order valence-corrected chi connectivity index (χ4v) is 1.93. The van der Waals surface area contributed by atoms with E-state index in [1.165, 1.54) is 18.2 Å². The molecule has 0 aliphatic rings. The van der Waals surface area contributed by atoms with Gasteiger partial charge < -0.3 is 4.74 Å². The maximum Gasteiger partial charge on any atom is 0.141 e. The van der Waals surface area contributed by atoms with E-state index in [1.54, 1.807) is 0 Å². The Kier molecular flexibility index (Phi) is 4.02. The molecule has 0 aliphatic carbocycles. The smallest absolute Gasteiger partial charge is 0.141 e. The molecule has 0 atom stereocenters. The zero-order valence-corrected chi connectivity index (χ0v) is 11.1. The van der Waals surface area contributed by atoms with Crippen LogP contribution in [0.3, 0.4) is 0 Å². The van der Waals surface area contributed by atoms with E-state index in [2.05, 4.69) is 15.9 Å². The maximum atomic E-state index is 13.0. The molecule has 2 aromatic rings. The molecule has 0 bridgehead atoms. The average molecular weight is 316 g/mol. The van der Waals surface area contributed by atoms with Crippen LogP contribution < -0.4 is 4.74 Å². The van der Waals surface area contributed by atoms with Crippen molar-refractivity contribution in [3.63, 3.8) is 0 Å². The van der Waals surface area contributed by atoms with Crippen LogP contribution >= 0.6 is 27.5 Å². The van der Waals surface area contributed by atoms with Crippen LogP contribution in [-0.2, 0) is 6.61 Å². The Bertz CT molecular complexity index is 531. The second-order valence-corrected chi connectivity index (χ2v) is 4.72. The Morgan fingerprint density at radius 3 is 2.71 bits per heavy atom. The van der Waals surface area contributed by atoms with Gasteiger partial charge in [-0.05, 0) is 18.2 Å². The van der Waals surface area contributed by atoms with Gasteiger partial charge in [-0.25, -0.2) is 4.39 Å². The highest BCUT2D eigenvalue weighted by molar-refractivity contribution is 9.10. The molecular formula is C13H9BrClFO. The molecule has 0 unspecified atom stereocenters. The Hall–Kier alpha value is -1.06. The fraction of sp³-hybridized carbons (Fsp3) is 0.0769. The molecule has 0 N–H and O–H groups in total. The Morgan fingerprint density at radius 1 is 1.18 bits per heavy atom. The number of benzene rings is 2. The number of hydrogen-bond acceptors (Lipinski definition) is 1. The van der Waals surface area contributed by atoms with Gasteiger partial charge >= 0.3 is 0 Å². The summed E-state index contributed by atoms with van der Waals surface area (Å²) in [5.74, 6) is -0.0149. The van der Waals surface area contributed by atoms with E-state index < -0.39 is 0 Å². The fourth-order valence-electron chi connectivity index (χ4n) is 1.36. The van der Waals surface area contributed by atoms with Crippen LogP contribution in [0.25, 0.3) is 0 Å². The molecule has 2 rings (SSSR count). The maximum absolute atomic E-state index is 13.0. The molecule has 0 saturated carbocycles. The SMILES string of the molecule is Fc1ccc(Cl)c(OCc2ccccc2Br)c1. The summed E-state index contributed by atoms with van der Waals surface area (Å²) >= 11 is 9.31. The Labute approximate surface area is 112 Å². The number of halogens is 3. The molecule has 2 aromatic carbocycles. The predicted octanol–water partition coefficient (Wildman–Crippen LogP) is 4.82. The molecule has 88 valence electrons. The van der Waals surface area contributed by atoms with Crippen molar-refractivity contribution in [3.8, 4) is 5.75 Å². The molecule has 0 heterocycles. The minimum Gasteiger partial charge on any atom is -0.487 e. The van der Waals surface area contributed by atoms with Crippen molar-refractivity contribution in [1.82, 2.24) is 0 Å². The van der Waals surface area contributed by atoms with Gasteiger partial charge in [-0.15, -0.1) is 0 Å². The van der Waals surface area contributed by atoms with E-state index in [-0.39, 0.29) is 5.82 Å². The van der Waals surface area contributed by atoms with Crippen LogP contribution in [0.4, 0.5) is 4.39 Å². The minimum atomic E-state index is -0.364. The van der Waals surface area contributed by atoms with E-state index in [4.69, 9.17) is 16.3 Å². The molecule has 0 aliphatic heterocycles. The van der Waals surface area contributed by atoms with Gasteiger partial charge in [0.1, 0.15) is 18.2 Å². The molecule has 0 spiro atoms. The van der Waals surface area contributed by atoms with E-state index in [0.717, 1.165) is 10.0 Å². The van der Waals surface area contributed by atoms with Gasteiger partial charge in [-0.2, -0.15) is 0 Å². The van der Waals surface area contributed by atoms with Crippen molar-refractivity contribution >= 4 is 27.5 Å². The van der Waals surface area contributed by atoms with Crippen LogP contribution in [0.5, 0.6) is 5.75 Å². The standard InChI is InChI=1S/C13H9BrClFO/c14-11-4-2-1-3-9(11)8-17-13-7-10(16)5-6-12(13)15/h1-7H,8H2. The molecule has 0 radical (unpaired) electrons. The molecule has 0 amide bonds. The summed E-state index contributed by atoms with van der Waals surface area (Å²) in [5, 5.41) is 0.401. The van der Waals surface area contributed by atoms with E-state index in [1.807, 2.05) is 24.3 Å². The van der Waals surface area contributed by atoms with Gasteiger partial charge in [0, 0.05) is 16.1 Å². The van der Waals surface area contributed by atoms with Gasteiger partial charge in [0.25, 0.3) is 0 Å². The van der Waals surface area contributed by atoms with Gasteiger partial charge in [-0.3, -0.25) is 0 Å². The largest absolute Gasteiger partial charge is 0.487 e. The average Bonchev–Trinajstić information content (AvgIpc) is 2.32. The second kappa shape index (κ2) is 5.52. The summed E-state index contributed by atoms with van der Waals surface area (Å²) < 4.78 is 19.4. The van der Waals surface area contributed by atoms with Crippen molar-refractivity contribution in [2.45, 2.75) is 6.61 Å². The van der Waals surface area contributed by atoms with Crippen molar-refractivity contribution < 1.29 is 9.13 Å². The lowest BCUT2D eigenvalue weighted by Crippen LogP contribution is -1.97. The molecular weight excluding hydrogens is 306 g/mol. The Balaban J connectivity index is 2.12. The lowest BCUT2D eigenvalue weighted by atomic mass is 10.2. The normalized spacial score (nSPS) is 10.3. The van der Waals surface area contributed by atoms with Crippen molar-refractivity contribution in [1.29, 1.82) is 0 Å². The van der Waals surface area contributed by atoms with Gasteiger partial charge in [0.05, 0.1) is 5.02 Å². The highest BCUT2D eigenvalue weighted by atomic mass is 79.9. The van der Waals surface area contributed by atoms with Crippen LogP contribution in [0, 0.1) is 5.82 Å². The van der Waals surface area contributed by atoms with Crippen LogP contribution in [-0.4, -0.2) is 0 Å². The topological polar surface area (TPSA) is 9.23 Å². The summed E-state index contributed by atoms with van der Waals surface area (Å²) in [6.07, 6.45) is 0. The van der Waals surface area contributed by atoms with E-state index >= 15 is 0 Å². The number of ether oxygens (including phenoxy) is 1. The summed E-state index contributed by atoms with van der Waals surface area (Å²) in [6.45, 7) is 0.338. The van der Waals surface area contributed by atoms with Gasteiger partial charge in [0.2, 0.25) is 0 Å². The van der Waals surface area contributed by atoms with Crippen LogP contribution in [0.2, 0.25) is 5.02 Å². The first-order valence-electron chi connectivity index (χ1n) is 4.98. The Morgan fingerprint density at radius 2 is 1.94 bits per heavy atom. The van der Waals surface area contributed by atoms with Crippen molar-refractivity contribution in [3.05, 3.63) is 63.3 Å². The summed E-state index contributed by atoms with van der Waals surface area (Å²) in [6, 6.07) is 11.7. The van der Waals surface area contributed by atoms with Crippen LogP contribution in [0.1, 0.15) is 5.56 Å². The molecule has 4 heteroatoms. The highest BCUT2D eigenvalue weighted by Crippen LogP contribution is 2.26. The molecule has 0 saturated heterocycles. The van der Waals surface area contributed by atoms with Crippen molar-refractivity contribution in [2.75, 3.05) is 0 Å². The lowest BCUT2D eigenvalue weighted by molar-refractivity contribution is 0.304. The zero-order valence-electron chi connectivity index (χ0n) is 8.79.